The number of benzene rings is 2. The van der Waals surface area contributed by atoms with E-state index in [-0.39, 0.29) is 0 Å². The maximum Gasteiger partial charge on any atom is 0.115 e. The fourth-order valence-electron chi connectivity index (χ4n) is 2.26. The van der Waals surface area contributed by atoms with Crippen molar-refractivity contribution in [1.29, 1.82) is 0 Å². The van der Waals surface area contributed by atoms with Gasteiger partial charge < -0.3 is 0 Å². The van der Waals surface area contributed by atoms with Crippen LogP contribution in [0.4, 0.5) is 0 Å². The molecule has 0 bridgehead atoms. The molecule has 1 aromatic heterocycles. The second-order valence-electron chi connectivity index (χ2n) is 4.53. The molecule has 0 aliphatic carbocycles. The molecule has 0 spiro atoms. The van der Waals surface area contributed by atoms with Crippen LogP contribution in [0, 0.1) is 0 Å². The van der Waals surface area contributed by atoms with E-state index in [4.69, 9.17) is 23.2 Å². The zero-order valence-electron chi connectivity index (χ0n) is 10.8. The van der Waals surface area contributed by atoms with Gasteiger partial charge in [-0.25, -0.2) is 4.98 Å². The van der Waals surface area contributed by atoms with Crippen molar-refractivity contribution in [3.05, 3.63) is 56.2 Å². The number of fused-ring (bicyclic) bond motifs is 1. The molecule has 0 unspecified atom stereocenters. The summed E-state index contributed by atoms with van der Waals surface area (Å²) >= 11 is 19.0. The van der Waals surface area contributed by atoms with Gasteiger partial charge in [-0.05, 0) is 52.3 Å². The quantitative estimate of drug-likeness (QED) is 0.450. The number of aromatic nitrogens is 2. The second kappa shape index (κ2) is 6.29. The number of alkyl halides is 1. The van der Waals surface area contributed by atoms with Crippen molar-refractivity contribution < 1.29 is 0 Å². The molecule has 0 amide bonds. The summed E-state index contributed by atoms with van der Waals surface area (Å²) in [6.45, 7) is 0. The molecule has 3 aromatic rings. The Morgan fingerprint density at radius 2 is 1.90 bits per heavy atom. The van der Waals surface area contributed by atoms with Gasteiger partial charge in [0.2, 0.25) is 0 Å². The van der Waals surface area contributed by atoms with E-state index in [1.165, 1.54) is 0 Å². The Bertz CT molecular complexity index is 815. The summed E-state index contributed by atoms with van der Waals surface area (Å²) < 4.78 is 3.99. The number of hydrogen-bond donors (Lipinski definition) is 0. The third-order valence-electron chi connectivity index (χ3n) is 3.17. The summed E-state index contributed by atoms with van der Waals surface area (Å²) in [5.74, 6) is 1.46. The Hall–Kier alpha value is -0.550. The highest BCUT2D eigenvalue weighted by atomic mass is 79.9. The highest BCUT2D eigenvalue weighted by Crippen LogP contribution is 2.29. The third kappa shape index (κ3) is 3.00. The molecule has 2 aromatic carbocycles. The zero-order chi connectivity index (χ0) is 15.0. The molecule has 0 saturated carbocycles. The number of imidazole rings is 1. The minimum atomic E-state index is 0.527. The highest BCUT2D eigenvalue weighted by Gasteiger charge is 2.13. The van der Waals surface area contributed by atoms with Crippen molar-refractivity contribution >= 4 is 66.1 Å². The molecule has 0 N–H and O–H groups in total. The van der Waals surface area contributed by atoms with Crippen LogP contribution in [0.15, 0.2) is 45.3 Å². The Morgan fingerprint density at radius 3 is 2.62 bits per heavy atom. The summed E-state index contributed by atoms with van der Waals surface area (Å²) in [6.07, 6.45) is 0.702. The van der Waals surface area contributed by atoms with Crippen LogP contribution in [0.1, 0.15) is 5.82 Å². The average Bonchev–Trinajstić information content (AvgIpc) is 2.80. The topological polar surface area (TPSA) is 17.8 Å². The molecule has 0 aliphatic heterocycles. The minimum Gasteiger partial charge on any atom is -0.296 e. The molecule has 3 rings (SSSR count). The Balaban J connectivity index is 2.29. The molecule has 0 saturated heterocycles. The van der Waals surface area contributed by atoms with Gasteiger partial charge in [-0.2, -0.15) is 0 Å². The fourth-order valence-corrected chi connectivity index (χ4v) is 3.27. The summed E-state index contributed by atoms with van der Waals surface area (Å²) in [7, 11) is 0. The van der Waals surface area contributed by atoms with Gasteiger partial charge in [0.05, 0.1) is 16.1 Å². The molecule has 0 atom stereocenters. The predicted molar refractivity (Wildman–Crippen MR) is 95.9 cm³/mol. The van der Waals surface area contributed by atoms with E-state index >= 15 is 0 Å². The van der Waals surface area contributed by atoms with E-state index in [1.807, 2.05) is 30.3 Å². The summed E-state index contributed by atoms with van der Waals surface area (Å²) in [6, 6.07) is 11.9. The van der Waals surface area contributed by atoms with Crippen molar-refractivity contribution in [2.45, 2.75) is 6.42 Å². The molecular weight excluding hydrogens is 439 g/mol. The van der Waals surface area contributed by atoms with E-state index in [2.05, 4.69) is 47.5 Å². The lowest BCUT2D eigenvalue weighted by molar-refractivity contribution is 0.912. The fraction of sp³-hybridized carbons (Fsp3) is 0.133. The zero-order valence-corrected chi connectivity index (χ0v) is 15.5. The molecule has 0 radical (unpaired) electrons. The monoisotopic (exact) mass is 446 g/mol. The van der Waals surface area contributed by atoms with Crippen LogP contribution in [-0.4, -0.2) is 15.4 Å². The molecule has 1 heterocycles. The first kappa shape index (κ1) is 15.3. The van der Waals surface area contributed by atoms with Crippen molar-refractivity contribution in [3.8, 4) is 5.69 Å². The van der Waals surface area contributed by atoms with E-state index in [9.17, 15) is 0 Å². The van der Waals surface area contributed by atoms with Crippen LogP contribution < -0.4 is 0 Å². The minimum absolute atomic E-state index is 0.527. The molecule has 0 aliphatic rings. The average molecular weight is 449 g/mol. The lowest BCUT2D eigenvalue weighted by Crippen LogP contribution is -2.02. The maximum absolute atomic E-state index is 6.09. The van der Waals surface area contributed by atoms with Crippen LogP contribution in [0.5, 0.6) is 0 Å². The molecule has 21 heavy (non-hydrogen) atoms. The second-order valence-corrected chi connectivity index (χ2v) is 7.09. The lowest BCUT2D eigenvalue weighted by atomic mass is 10.2. The van der Waals surface area contributed by atoms with Gasteiger partial charge >= 0.3 is 0 Å². The van der Waals surface area contributed by atoms with Crippen LogP contribution >= 0.6 is 55.1 Å². The number of hydrogen-bond acceptors (Lipinski definition) is 1. The first-order valence-electron chi connectivity index (χ1n) is 6.28. The van der Waals surface area contributed by atoms with Crippen LogP contribution in [0.3, 0.4) is 0 Å². The number of rotatable bonds is 3. The maximum atomic E-state index is 6.09. The molecule has 6 heteroatoms. The molecule has 108 valence electrons. The standard InChI is InChI=1S/C15H10Br2Cl2N2/c16-9-1-4-13-14(7-9)21(15(20-13)5-6-18)10-2-3-12(19)11(17)8-10/h1-4,7-8H,5-6H2. The Kier molecular flexibility index (Phi) is 4.60. The van der Waals surface area contributed by atoms with E-state index in [0.717, 1.165) is 31.5 Å². The third-order valence-corrected chi connectivity index (χ3v) is 5.06. The molecular formula is C15H10Br2Cl2N2. The van der Waals surface area contributed by atoms with Gasteiger partial charge in [0.25, 0.3) is 0 Å². The van der Waals surface area contributed by atoms with Crippen molar-refractivity contribution in [2.75, 3.05) is 5.88 Å². The first-order valence-corrected chi connectivity index (χ1v) is 8.78. The SMILES string of the molecule is ClCCc1nc2ccc(Br)cc2n1-c1ccc(Cl)c(Br)c1. The van der Waals surface area contributed by atoms with Gasteiger partial charge in [-0.1, -0.05) is 27.5 Å². The van der Waals surface area contributed by atoms with Gasteiger partial charge in [-0.3, -0.25) is 4.57 Å². The van der Waals surface area contributed by atoms with Gasteiger partial charge in [-0.15, -0.1) is 11.6 Å². The Labute approximate surface area is 149 Å². The number of aryl methyl sites for hydroxylation is 1. The first-order chi connectivity index (χ1) is 10.1. The summed E-state index contributed by atoms with van der Waals surface area (Å²) in [5, 5.41) is 0.684. The number of nitrogens with zero attached hydrogens (tertiary/aromatic N) is 2. The Morgan fingerprint density at radius 1 is 1.10 bits per heavy atom. The van der Waals surface area contributed by atoms with Crippen molar-refractivity contribution in [1.82, 2.24) is 9.55 Å². The highest BCUT2D eigenvalue weighted by molar-refractivity contribution is 9.10. The van der Waals surface area contributed by atoms with Crippen LogP contribution in [0.25, 0.3) is 16.7 Å². The summed E-state index contributed by atoms with van der Waals surface area (Å²) in [5.41, 5.74) is 3.00. The van der Waals surface area contributed by atoms with Gasteiger partial charge in [0.15, 0.2) is 0 Å². The van der Waals surface area contributed by atoms with E-state index in [0.29, 0.717) is 17.3 Å². The van der Waals surface area contributed by atoms with Crippen LogP contribution in [0.2, 0.25) is 5.02 Å². The number of halogens is 4. The van der Waals surface area contributed by atoms with Crippen LogP contribution in [-0.2, 0) is 6.42 Å². The smallest absolute Gasteiger partial charge is 0.115 e. The van der Waals surface area contributed by atoms with E-state index in [1.54, 1.807) is 0 Å². The summed E-state index contributed by atoms with van der Waals surface area (Å²) in [4.78, 5) is 4.68. The van der Waals surface area contributed by atoms with E-state index < -0.39 is 0 Å². The van der Waals surface area contributed by atoms with Crippen molar-refractivity contribution in [2.24, 2.45) is 0 Å². The lowest BCUT2D eigenvalue weighted by Gasteiger charge is -2.10. The van der Waals surface area contributed by atoms with Gasteiger partial charge in [0, 0.05) is 26.9 Å². The van der Waals surface area contributed by atoms with Crippen molar-refractivity contribution in [3.63, 3.8) is 0 Å². The largest absolute Gasteiger partial charge is 0.296 e. The normalized spacial score (nSPS) is 11.2. The molecule has 2 nitrogen and oxygen atoms in total. The van der Waals surface area contributed by atoms with Gasteiger partial charge in [0.1, 0.15) is 5.82 Å². The predicted octanol–water partition coefficient (Wildman–Crippen LogP) is 5.99. The molecule has 0 fully saturated rings.